The molecule has 0 amide bonds. The Kier molecular flexibility index (Phi) is 5.62. The van der Waals surface area contributed by atoms with Gasteiger partial charge in [-0.3, -0.25) is 4.90 Å². The summed E-state index contributed by atoms with van der Waals surface area (Å²) in [5, 5.41) is 4.66. The summed E-state index contributed by atoms with van der Waals surface area (Å²) in [7, 11) is 2.17. The average molecular weight is 274 g/mol. The van der Waals surface area contributed by atoms with Gasteiger partial charge in [0, 0.05) is 17.5 Å². The highest BCUT2D eigenvalue weighted by molar-refractivity contribution is 5.82. The van der Waals surface area contributed by atoms with Gasteiger partial charge >= 0.3 is 0 Å². The lowest BCUT2D eigenvalue weighted by Gasteiger charge is -2.15. The molecule has 1 heterocycles. The molecule has 2 rings (SSSR count). The molecule has 1 aromatic heterocycles. The van der Waals surface area contributed by atoms with E-state index in [1.54, 1.807) is 0 Å². The summed E-state index contributed by atoms with van der Waals surface area (Å²) in [5.41, 5.74) is 2.31. The van der Waals surface area contributed by atoms with E-state index in [-0.39, 0.29) is 0 Å². The molecule has 0 aliphatic heterocycles. The maximum atomic E-state index is 6.07. The number of rotatable bonds is 8. The Balaban J connectivity index is 2.21. The molecule has 0 fully saturated rings. The lowest BCUT2D eigenvalue weighted by molar-refractivity contribution is 0.292. The van der Waals surface area contributed by atoms with Gasteiger partial charge in [0.15, 0.2) is 0 Å². The van der Waals surface area contributed by atoms with Crippen molar-refractivity contribution in [2.24, 2.45) is 0 Å². The Morgan fingerprint density at radius 1 is 1.20 bits per heavy atom. The van der Waals surface area contributed by atoms with Crippen molar-refractivity contribution < 1.29 is 4.42 Å². The van der Waals surface area contributed by atoms with Gasteiger partial charge in [0.05, 0.1) is 6.54 Å². The molecular weight excluding hydrogens is 248 g/mol. The van der Waals surface area contributed by atoms with Crippen LogP contribution in [0.3, 0.4) is 0 Å². The number of furan rings is 1. The van der Waals surface area contributed by atoms with E-state index in [0.29, 0.717) is 0 Å². The zero-order valence-corrected chi connectivity index (χ0v) is 12.9. The van der Waals surface area contributed by atoms with Crippen LogP contribution in [-0.4, -0.2) is 25.0 Å². The van der Waals surface area contributed by atoms with E-state index >= 15 is 0 Å². The fourth-order valence-electron chi connectivity index (χ4n) is 2.47. The summed E-state index contributed by atoms with van der Waals surface area (Å²) in [6, 6.07) is 8.33. The molecule has 0 saturated heterocycles. The van der Waals surface area contributed by atoms with Crippen molar-refractivity contribution in [1.82, 2.24) is 10.2 Å². The van der Waals surface area contributed by atoms with Crippen molar-refractivity contribution in [1.29, 1.82) is 0 Å². The van der Waals surface area contributed by atoms with Crippen LogP contribution in [0.2, 0.25) is 0 Å². The standard InChI is InChI=1S/C17H26N2O/c1-4-6-11-19(3)13-17-15(12-18-5-2)14-9-7-8-10-16(14)20-17/h7-10,18H,4-6,11-13H2,1-3H3. The third-order valence-corrected chi connectivity index (χ3v) is 3.64. The maximum Gasteiger partial charge on any atom is 0.134 e. The first-order chi connectivity index (χ1) is 9.76. The first kappa shape index (κ1) is 15.1. The fraction of sp³-hybridized carbons (Fsp3) is 0.529. The summed E-state index contributed by atoms with van der Waals surface area (Å²) < 4.78 is 6.07. The Bertz CT molecular complexity index is 533. The van der Waals surface area contributed by atoms with Crippen LogP contribution in [0.15, 0.2) is 28.7 Å². The van der Waals surface area contributed by atoms with E-state index < -0.39 is 0 Å². The number of hydrogen-bond acceptors (Lipinski definition) is 3. The van der Waals surface area contributed by atoms with Gasteiger partial charge in [-0.15, -0.1) is 0 Å². The minimum Gasteiger partial charge on any atom is -0.459 e. The van der Waals surface area contributed by atoms with Gasteiger partial charge < -0.3 is 9.73 Å². The van der Waals surface area contributed by atoms with E-state index in [0.717, 1.165) is 37.5 Å². The number of unbranched alkanes of at least 4 members (excludes halogenated alkanes) is 1. The van der Waals surface area contributed by atoms with Crippen LogP contribution in [0.1, 0.15) is 38.0 Å². The molecule has 0 saturated carbocycles. The average Bonchev–Trinajstić information content (AvgIpc) is 2.80. The molecular formula is C17H26N2O. The van der Waals surface area contributed by atoms with Gasteiger partial charge in [-0.25, -0.2) is 0 Å². The Morgan fingerprint density at radius 3 is 2.75 bits per heavy atom. The van der Waals surface area contributed by atoms with E-state index in [4.69, 9.17) is 4.42 Å². The number of hydrogen-bond donors (Lipinski definition) is 1. The maximum absolute atomic E-state index is 6.07. The van der Waals surface area contributed by atoms with Crippen LogP contribution in [0.4, 0.5) is 0 Å². The SMILES string of the molecule is CCCCN(C)Cc1oc2ccccc2c1CNCC. The van der Waals surface area contributed by atoms with E-state index in [1.807, 2.05) is 6.07 Å². The molecule has 0 bridgehead atoms. The first-order valence-electron chi connectivity index (χ1n) is 7.64. The molecule has 0 aliphatic rings. The molecule has 0 spiro atoms. The second-order valence-electron chi connectivity index (χ2n) is 5.37. The summed E-state index contributed by atoms with van der Waals surface area (Å²) in [4.78, 5) is 2.34. The lowest BCUT2D eigenvalue weighted by atomic mass is 10.1. The van der Waals surface area contributed by atoms with E-state index in [1.165, 1.54) is 23.8 Å². The molecule has 0 unspecified atom stereocenters. The summed E-state index contributed by atoms with van der Waals surface area (Å²) in [5.74, 6) is 1.10. The van der Waals surface area contributed by atoms with Crippen molar-refractivity contribution in [3.8, 4) is 0 Å². The second-order valence-corrected chi connectivity index (χ2v) is 5.37. The highest BCUT2D eigenvalue weighted by atomic mass is 16.3. The molecule has 3 nitrogen and oxygen atoms in total. The van der Waals surface area contributed by atoms with Crippen LogP contribution >= 0.6 is 0 Å². The van der Waals surface area contributed by atoms with Crippen molar-refractivity contribution in [2.45, 2.75) is 39.8 Å². The lowest BCUT2D eigenvalue weighted by Crippen LogP contribution is -2.20. The largest absolute Gasteiger partial charge is 0.459 e. The van der Waals surface area contributed by atoms with Crippen molar-refractivity contribution in [2.75, 3.05) is 20.1 Å². The molecule has 0 aliphatic carbocycles. The molecule has 1 N–H and O–H groups in total. The molecule has 3 heteroatoms. The van der Waals surface area contributed by atoms with Gasteiger partial charge in [-0.05, 0) is 32.6 Å². The van der Waals surface area contributed by atoms with Gasteiger partial charge in [-0.2, -0.15) is 0 Å². The fourth-order valence-corrected chi connectivity index (χ4v) is 2.47. The third kappa shape index (κ3) is 3.62. The number of benzene rings is 1. The highest BCUT2D eigenvalue weighted by Gasteiger charge is 2.14. The Labute approximate surface area is 122 Å². The zero-order valence-electron chi connectivity index (χ0n) is 12.9. The Morgan fingerprint density at radius 2 is 2.00 bits per heavy atom. The van der Waals surface area contributed by atoms with E-state index in [9.17, 15) is 0 Å². The van der Waals surface area contributed by atoms with E-state index in [2.05, 4.69) is 49.3 Å². The van der Waals surface area contributed by atoms with Crippen molar-refractivity contribution in [3.63, 3.8) is 0 Å². The minimum absolute atomic E-state index is 0.879. The van der Waals surface area contributed by atoms with Crippen LogP contribution in [0, 0.1) is 0 Å². The number of nitrogens with zero attached hydrogens (tertiary/aromatic N) is 1. The van der Waals surface area contributed by atoms with Crippen LogP contribution in [-0.2, 0) is 13.1 Å². The minimum atomic E-state index is 0.879. The van der Waals surface area contributed by atoms with Crippen molar-refractivity contribution in [3.05, 3.63) is 35.6 Å². The quantitative estimate of drug-likeness (QED) is 0.794. The normalized spacial score (nSPS) is 11.6. The monoisotopic (exact) mass is 274 g/mol. The molecule has 2 aromatic rings. The Hall–Kier alpha value is -1.32. The predicted octanol–water partition coefficient (Wildman–Crippen LogP) is 3.77. The highest BCUT2D eigenvalue weighted by Crippen LogP contribution is 2.26. The summed E-state index contributed by atoms with van der Waals surface area (Å²) in [6.45, 7) is 8.22. The number of nitrogens with one attached hydrogen (secondary N) is 1. The molecule has 110 valence electrons. The molecule has 0 atom stereocenters. The van der Waals surface area contributed by atoms with Gasteiger partial charge in [0.2, 0.25) is 0 Å². The van der Waals surface area contributed by atoms with Gasteiger partial charge in [-0.1, -0.05) is 38.5 Å². The number of para-hydroxylation sites is 1. The zero-order chi connectivity index (χ0) is 14.4. The van der Waals surface area contributed by atoms with Crippen LogP contribution < -0.4 is 5.32 Å². The molecule has 1 aromatic carbocycles. The topological polar surface area (TPSA) is 28.4 Å². The molecule has 0 radical (unpaired) electrons. The smallest absolute Gasteiger partial charge is 0.134 e. The van der Waals surface area contributed by atoms with Crippen LogP contribution in [0.25, 0.3) is 11.0 Å². The van der Waals surface area contributed by atoms with Crippen molar-refractivity contribution >= 4 is 11.0 Å². The predicted molar refractivity (Wildman–Crippen MR) is 84.8 cm³/mol. The summed E-state index contributed by atoms with van der Waals surface area (Å²) >= 11 is 0. The van der Waals surface area contributed by atoms with Crippen LogP contribution in [0.5, 0.6) is 0 Å². The second kappa shape index (κ2) is 7.46. The summed E-state index contributed by atoms with van der Waals surface area (Å²) in [6.07, 6.45) is 2.47. The third-order valence-electron chi connectivity index (χ3n) is 3.64. The molecule has 20 heavy (non-hydrogen) atoms. The first-order valence-corrected chi connectivity index (χ1v) is 7.64. The van der Waals surface area contributed by atoms with Gasteiger partial charge in [0.25, 0.3) is 0 Å². The number of fused-ring (bicyclic) bond motifs is 1. The van der Waals surface area contributed by atoms with Gasteiger partial charge in [0.1, 0.15) is 11.3 Å².